The van der Waals surface area contributed by atoms with Crippen LogP contribution in [0.5, 0.6) is 0 Å². The Morgan fingerprint density at radius 1 is 1.00 bits per heavy atom. The minimum absolute atomic E-state index is 0.371. The van der Waals surface area contributed by atoms with Gasteiger partial charge >= 0.3 is 0 Å². The summed E-state index contributed by atoms with van der Waals surface area (Å²) in [6.45, 7) is 4.71. The third-order valence-electron chi connectivity index (χ3n) is 4.57. The topological polar surface area (TPSA) is 66.6 Å². The van der Waals surface area contributed by atoms with E-state index in [1.54, 1.807) is 4.31 Å². The Hall–Kier alpha value is -0.170. The number of nitrogens with zero attached hydrogens (tertiary/aromatic N) is 2. The van der Waals surface area contributed by atoms with Crippen molar-refractivity contribution in [3.05, 3.63) is 0 Å². The van der Waals surface area contributed by atoms with Crippen LogP contribution in [0.2, 0.25) is 0 Å². The summed E-state index contributed by atoms with van der Waals surface area (Å²) >= 11 is 0. The maximum atomic E-state index is 12.5. The Morgan fingerprint density at radius 3 is 2.25 bits per heavy atom. The van der Waals surface area contributed by atoms with Gasteiger partial charge in [-0.05, 0) is 38.3 Å². The van der Waals surface area contributed by atoms with Gasteiger partial charge in [-0.2, -0.15) is 4.31 Å². The third-order valence-corrected chi connectivity index (χ3v) is 6.62. The molecular formula is C14H29N3O2S. The Bertz CT molecular complexity index is 372. The van der Waals surface area contributed by atoms with Gasteiger partial charge in [0.05, 0.1) is 5.75 Å². The van der Waals surface area contributed by atoms with Gasteiger partial charge in [0.25, 0.3) is 0 Å². The van der Waals surface area contributed by atoms with Crippen LogP contribution in [0.3, 0.4) is 0 Å². The minimum atomic E-state index is -3.04. The van der Waals surface area contributed by atoms with Crippen molar-refractivity contribution in [2.45, 2.75) is 38.5 Å². The Balaban J connectivity index is 1.79. The summed E-state index contributed by atoms with van der Waals surface area (Å²) in [6, 6.07) is 0. The van der Waals surface area contributed by atoms with Crippen LogP contribution in [0.4, 0.5) is 0 Å². The monoisotopic (exact) mass is 303 g/mol. The van der Waals surface area contributed by atoms with Gasteiger partial charge in [-0.3, -0.25) is 0 Å². The molecule has 118 valence electrons. The molecular weight excluding hydrogens is 274 g/mol. The minimum Gasteiger partial charge on any atom is -0.330 e. The zero-order valence-corrected chi connectivity index (χ0v) is 13.3. The van der Waals surface area contributed by atoms with E-state index in [-0.39, 0.29) is 0 Å². The van der Waals surface area contributed by atoms with Crippen LogP contribution in [-0.2, 0) is 10.0 Å². The van der Waals surface area contributed by atoms with Crippen molar-refractivity contribution >= 4 is 10.0 Å². The molecule has 2 aliphatic rings. The van der Waals surface area contributed by atoms with E-state index in [2.05, 4.69) is 4.90 Å². The van der Waals surface area contributed by atoms with E-state index in [9.17, 15) is 8.42 Å². The van der Waals surface area contributed by atoms with Crippen LogP contribution in [0.15, 0.2) is 0 Å². The molecule has 20 heavy (non-hydrogen) atoms. The summed E-state index contributed by atoms with van der Waals surface area (Å²) in [4.78, 5) is 2.32. The first-order valence-corrected chi connectivity index (χ1v) is 9.63. The number of hydrogen-bond donors (Lipinski definition) is 1. The SMILES string of the molecule is NCCCN1CCN(S(=O)(=O)CC2CCCCC2)CC1. The molecule has 0 radical (unpaired) electrons. The molecule has 1 aliphatic carbocycles. The molecule has 0 amide bonds. The molecule has 1 heterocycles. The third kappa shape index (κ3) is 4.69. The van der Waals surface area contributed by atoms with Gasteiger partial charge < -0.3 is 10.6 Å². The molecule has 0 unspecified atom stereocenters. The van der Waals surface area contributed by atoms with Crippen LogP contribution < -0.4 is 5.73 Å². The smallest absolute Gasteiger partial charge is 0.214 e. The van der Waals surface area contributed by atoms with E-state index in [0.29, 0.717) is 31.3 Å². The van der Waals surface area contributed by atoms with Gasteiger partial charge in [0.15, 0.2) is 0 Å². The zero-order chi connectivity index (χ0) is 14.4. The summed E-state index contributed by atoms with van der Waals surface area (Å²) in [5, 5.41) is 0. The van der Waals surface area contributed by atoms with Crippen LogP contribution in [0, 0.1) is 5.92 Å². The molecule has 1 saturated heterocycles. The fourth-order valence-corrected chi connectivity index (χ4v) is 5.16. The summed E-state index contributed by atoms with van der Waals surface area (Å²) in [6.07, 6.45) is 6.86. The summed E-state index contributed by atoms with van der Waals surface area (Å²) in [7, 11) is -3.04. The average molecular weight is 303 g/mol. The maximum absolute atomic E-state index is 12.5. The number of nitrogens with two attached hydrogens (primary N) is 1. The predicted molar refractivity (Wildman–Crippen MR) is 82.0 cm³/mol. The number of hydrogen-bond acceptors (Lipinski definition) is 4. The highest BCUT2D eigenvalue weighted by molar-refractivity contribution is 7.89. The maximum Gasteiger partial charge on any atom is 0.214 e. The molecule has 0 aromatic rings. The lowest BCUT2D eigenvalue weighted by molar-refractivity contribution is 0.186. The van der Waals surface area contributed by atoms with E-state index in [1.165, 1.54) is 19.3 Å². The number of rotatable bonds is 6. The quantitative estimate of drug-likeness (QED) is 0.790. The van der Waals surface area contributed by atoms with Gasteiger partial charge in [-0.25, -0.2) is 8.42 Å². The van der Waals surface area contributed by atoms with Crippen LogP contribution in [0.25, 0.3) is 0 Å². The number of sulfonamides is 1. The van der Waals surface area contributed by atoms with Gasteiger partial charge in [-0.1, -0.05) is 19.3 Å². The zero-order valence-electron chi connectivity index (χ0n) is 12.5. The first-order chi connectivity index (χ1) is 9.62. The van der Waals surface area contributed by atoms with E-state index < -0.39 is 10.0 Å². The van der Waals surface area contributed by atoms with Crippen molar-refractivity contribution < 1.29 is 8.42 Å². The van der Waals surface area contributed by atoms with E-state index in [1.807, 2.05) is 0 Å². The molecule has 2 N–H and O–H groups in total. The van der Waals surface area contributed by atoms with Crippen molar-refractivity contribution in [3.63, 3.8) is 0 Å². The average Bonchev–Trinajstić information content (AvgIpc) is 2.46. The van der Waals surface area contributed by atoms with Crippen molar-refractivity contribution in [1.29, 1.82) is 0 Å². The largest absolute Gasteiger partial charge is 0.330 e. The Kier molecular flexibility index (Phi) is 6.26. The van der Waals surface area contributed by atoms with Crippen molar-refractivity contribution in [2.75, 3.05) is 45.0 Å². The normalized spacial score (nSPS) is 24.1. The molecule has 6 heteroatoms. The van der Waals surface area contributed by atoms with Gasteiger partial charge in [0.1, 0.15) is 0 Å². The predicted octanol–water partition coefficient (Wildman–Crippen LogP) is 0.863. The molecule has 0 aromatic carbocycles. The second-order valence-corrected chi connectivity index (χ2v) is 8.18. The molecule has 2 rings (SSSR count). The standard InChI is InChI=1S/C14H29N3O2S/c15-7-4-8-16-9-11-17(12-10-16)20(18,19)13-14-5-2-1-3-6-14/h14H,1-13,15H2. The lowest BCUT2D eigenvalue weighted by Crippen LogP contribution is -2.50. The first kappa shape index (κ1) is 16.2. The van der Waals surface area contributed by atoms with Crippen LogP contribution in [-0.4, -0.2) is 62.6 Å². The number of piperazine rings is 1. The highest BCUT2D eigenvalue weighted by Crippen LogP contribution is 2.26. The highest BCUT2D eigenvalue weighted by Gasteiger charge is 2.29. The van der Waals surface area contributed by atoms with Gasteiger partial charge in [0, 0.05) is 26.2 Å². The van der Waals surface area contributed by atoms with Crippen molar-refractivity contribution in [2.24, 2.45) is 11.7 Å². The molecule has 0 aromatic heterocycles. The lowest BCUT2D eigenvalue weighted by atomic mass is 9.91. The summed E-state index contributed by atoms with van der Waals surface area (Å²) in [5.74, 6) is 0.763. The molecule has 2 fully saturated rings. The summed E-state index contributed by atoms with van der Waals surface area (Å²) in [5.41, 5.74) is 5.51. The van der Waals surface area contributed by atoms with Crippen LogP contribution in [0.1, 0.15) is 38.5 Å². The lowest BCUT2D eigenvalue weighted by Gasteiger charge is -2.35. The highest BCUT2D eigenvalue weighted by atomic mass is 32.2. The van der Waals surface area contributed by atoms with E-state index in [0.717, 1.165) is 38.9 Å². The fourth-order valence-electron chi connectivity index (χ4n) is 3.30. The first-order valence-electron chi connectivity index (χ1n) is 8.02. The Morgan fingerprint density at radius 2 is 1.65 bits per heavy atom. The Labute approximate surface area is 123 Å². The molecule has 0 atom stereocenters. The second kappa shape index (κ2) is 7.73. The second-order valence-electron chi connectivity index (χ2n) is 6.17. The van der Waals surface area contributed by atoms with Gasteiger partial charge in [-0.15, -0.1) is 0 Å². The molecule has 1 aliphatic heterocycles. The van der Waals surface area contributed by atoms with E-state index in [4.69, 9.17) is 5.73 Å². The fraction of sp³-hybridized carbons (Fsp3) is 1.00. The summed E-state index contributed by atoms with van der Waals surface area (Å²) < 4.78 is 26.6. The van der Waals surface area contributed by atoms with Crippen LogP contribution >= 0.6 is 0 Å². The molecule has 1 saturated carbocycles. The molecule has 0 spiro atoms. The molecule has 0 bridgehead atoms. The molecule has 5 nitrogen and oxygen atoms in total. The van der Waals surface area contributed by atoms with Gasteiger partial charge in [0.2, 0.25) is 10.0 Å². The van der Waals surface area contributed by atoms with Crippen molar-refractivity contribution in [3.8, 4) is 0 Å². The van der Waals surface area contributed by atoms with Crippen molar-refractivity contribution in [1.82, 2.24) is 9.21 Å². The van der Waals surface area contributed by atoms with E-state index >= 15 is 0 Å².